The summed E-state index contributed by atoms with van der Waals surface area (Å²) >= 11 is 0. The van der Waals surface area contributed by atoms with Crippen molar-refractivity contribution in [3.8, 4) is 0 Å². The Hall–Kier alpha value is -2.83. The van der Waals surface area contributed by atoms with Gasteiger partial charge in [-0.05, 0) is 18.9 Å². The molecule has 3 aromatic heterocycles. The van der Waals surface area contributed by atoms with Crippen molar-refractivity contribution in [1.82, 2.24) is 24.5 Å². The number of hydrogen-bond donors (Lipinski definition) is 1. The minimum atomic E-state index is -0.259. The monoisotopic (exact) mass is 310 g/mol. The number of aryl methyl sites for hydroxylation is 1. The van der Waals surface area contributed by atoms with Crippen LogP contribution in [0.1, 0.15) is 30.0 Å². The van der Waals surface area contributed by atoms with Crippen molar-refractivity contribution in [2.45, 2.75) is 27.3 Å². The lowest BCUT2D eigenvalue weighted by Crippen LogP contribution is -2.13. The van der Waals surface area contributed by atoms with Crippen molar-refractivity contribution in [3.05, 3.63) is 42.4 Å². The lowest BCUT2D eigenvalue weighted by atomic mass is 10.2. The first-order valence-electron chi connectivity index (χ1n) is 7.44. The zero-order valence-electron chi connectivity index (χ0n) is 13.3. The zero-order valence-corrected chi connectivity index (χ0v) is 13.3. The lowest BCUT2D eigenvalue weighted by molar-refractivity contribution is 0.102. The Bertz CT molecular complexity index is 837. The van der Waals surface area contributed by atoms with Crippen LogP contribution in [-0.2, 0) is 6.54 Å². The molecule has 0 fully saturated rings. The second kappa shape index (κ2) is 6.12. The van der Waals surface area contributed by atoms with Crippen molar-refractivity contribution in [3.63, 3.8) is 0 Å². The van der Waals surface area contributed by atoms with Gasteiger partial charge in [-0.15, -0.1) is 0 Å². The maximum Gasteiger partial charge on any atom is 0.257 e. The molecule has 0 saturated carbocycles. The maximum absolute atomic E-state index is 12.3. The Morgan fingerprint density at radius 3 is 2.61 bits per heavy atom. The molecule has 3 aromatic rings. The molecule has 0 aliphatic carbocycles. The summed E-state index contributed by atoms with van der Waals surface area (Å²) in [6, 6.07) is 1.74. The van der Waals surface area contributed by atoms with Crippen LogP contribution in [0.25, 0.3) is 11.2 Å². The van der Waals surface area contributed by atoms with E-state index >= 15 is 0 Å². The molecule has 0 unspecified atom stereocenters. The summed E-state index contributed by atoms with van der Waals surface area (Å²) < 4.78 is 2.00. The third-order valence-corrected chi connectivity index (χ3v) is 3.32. The number of nitrogens with zero attached hydrogens (tertiary/aromatic N) is 5. The first-order chi connectivity index (χ1) is 11.0. The quantitative estimate of drug-likeness (QED) is 0.800. The van der Waals surface area contributed by atoms with Gasteiger partial charge in [0.2, 0.25) is 0 Å². The smallest absolute Gasteiger partial charge is 0.257 e. The molecule has 0 atom stereocenters. The fourth-order valence-electron chi connectivity index (χ4n) is 2.26. The summed E-state index contributed by atoms with van der Waals surface area (Å²) in [5.74, 6) is 0.894. The van der Waals surface area contributed by atoms with Crippen LogP contribution >= 0.6 is 0 Å². The summed E-state index contributed by atoms with van der Waals surface area (Å²) in [5, 5.41) is 2.75. The van der Waals surface area contributed by atoms with Crippen LogP contribution < -0.4 is 5.32 Å². The van der Waals surface area contributed by atoms with Crippen molar-refractivity contribution >= 4 is 22.8 Å². The number of hydrogen-bond acceptors (Lipinski definition) is 5. The van der Waals surface area contributed by atoms with Crippen molar-refractivity contribution in [2.24, 2.45) is 5.92 Å². The molecule has 0 saturated heterocycles. The molecule has 23 heavy (non-hydrogen) atoms. The number of carbonyl (C=O) groups is 1. The molecule has 0 aromatic carbocycles. The van der Waals surface area contributed by atoms with Gasteiger partial charge >= 0.3 is 0 Å². The molecule has 3 rings (SSSR count). The molecule has 1 N–H and O–H groups in total. The molecular weight excluding hydrogens is 292 g/mol. The van der Waals surface area contributed by atoms with Gasteiger partial charge in [-0.25, -0.2) is 19.9 Å². The molecule has 0 spiro atoms. The van der Waals surface area contributed by atoms with Gasteiger partial charge < -0.3 is 9.88 Å². The Morgan fingerprint density at radius 2 is 1.91 bits per heavy atom. The van der Waals surface area contributed by atoms with Gasteiger partial charge in [0.25, 0.3) is 5.91 Å². The first kappa shape index (κ1) is 15.1. The van der Waals surface area contributed by atoms with Crippen molar-refractivity contribution in [2.75, 3.05) is 5.32 Å². The van der Waals surface area contributed by atoms with Gasteiger partial charge in [0.1, 0.15) is 11.3 Å². The molecular formula is C16H18N6O. The second-order valence-corrected chi connectivity index (χ2v) is 5.83. The summed E-state index contributed by atoms with van der Waals surface area (Å²) in [6.07, 6.45) is 6.46. The molecule has 118 valence electrons. The van der Waals surface area contributed by atoms with E-state index in [1.807, 2.05) is 4.57 Å². The maximum atomic E-state index is 12.3. The number of fused-ring (bicyclic) bond motifs is 1. The highest BCUT2D eigenvalue weighted by molar-refractivity contribution is 6.05. The molecule has 3 heterocycles. The summed E-state index contributed by atoms with van der Waals surface area (Å²) in [7, 11) is 0. The molecule has 0 aliphatic rings. The van der Waals surface area contributed by atoms with Gasteiger partial charge in [0.05, 0.1) is 30.0 Å². The van der Waals surface area contributed by atoms with Gasteiger partial charge in [0, 0.05) is 12.7 Å². The van der Waals surface area contributed by atoms with E-state index < -0.39 is 0 Å². The van der Waals surface area contributed by atoms with Crippen LogP contribution in [0, 0.1) is 12.8 Å². The molecule has 0 radical (unpaired) electrons. The van der Waals surface area contributed by atoms with Gasteiger partial charge in [-0.3, -0.25) is 4.79 Å². The van der Waals surface area contributed by atoms with E-state index in [0.717, 1.165) is 12.2 Å². The Morgan fingerprint density at radius 1 is 1.17 bits per heavy atom. The van der Waals surface area contributed by atoms with E-state index in [4.69, 9.17) is 0 Å². The van der Waals surface area contributed by atoms with Crippen LogP contribution in [0.3, 0.4) is 0 Å². The molecule has 7 nitrogen and oxygen atoms in total. The van der Waals surface area contributed by atoms with E-state index in [2.05, 4.69) is 39.1 Å². The van der Waals surface area contributed by atoms with Crippen molar-refractivity contribution < 1.29 is 4.79 Å². The highest BCUT2D eigenvalue weighted by Crippen LogP contribution is 2.15. The predicted molar refractivity (Wildman–Crippen MR) is 87.1 cm³/mol. The third kappa shape index (κ3) is 3.33. The lowest BCUT2D eigenvalue weighted by Gasteiger charge is -2.07. The number of amides is 1. The number of imidazole rings is 1. The standard InChI is InChI=1S/C16H18N6O/c1-10(2)8-22-9-20-14-4-12(5-19-15(14)22)16(23)21-13-6-17-11(3)18-7-13/h4-7,9-10H,8H2,1-3H3,(H,21,23). The normalized spacial score (nSPS) is 11.1. The van der Waals surface area contributed by atoms with E-state index in [1.165, 1.54) is 0 Å². The number of anilines is 1. The fourth-order valence-corrected chi connectivity index (χ4v) is 2.26. The minimum absolute atomic E-state index is 0.259. The molecule has 1 amide bonds. The summed E-state index contributed by atoms with van der Waals surface area (Å²) in [6.45, 7) is 6.90. The summed E-state index contributed by atoms with van der Waals surface area (Å²) in [4.78, 5) is 29.1. The third-order valence-electron chi connectivity index (χ3n) is 3.32. The van der Waals surface area contributed by atoms with Crippen molar-refractivity contribution in [1.29, 1.82) is 0 Å². The van der Waals surface area contributed by atoms with Crippen LogP contribution in [0.4, 0.5) is 5.69 Å². The molecule has 7 heteroatoms. The predicted octanol–water partition coefficient (Wildman–Crippen LogP) is 2.44. The van der Waals surface area contributed by atoms with E-state index in [1.54, 1.807) is 37.9 Å². The number of aromatic nitrogens is 5. The average Bonchev–Trinajstić information content (AvgIpc) is 2.91. The number of rotatable bonds is 4. The second-order valence-electron chi connectivity index (χ2n) is 5.83. The molecule has 0 aliphatic heterocycles. The van der Waals surface area contributed by atoms with Crippen LogP contribution in [-0.4, -0.2) is 30.4 Å². The highest BCUT2D eigenvalue weighted by atomic mass is 16.1. The number of carbonyl (C=O) groups excluding carboxylic acids is 1. The van der Waals surface area contributed by atoms with Crippen LogP contribution in [0.5, 0.6) is 0 Å². The Kier molecular flexibility index (Phi) is 4.01. The van der Waals surface area contributed by atoms with Gasteiger partial charge in [-0.2, -0.15) is 0 Å². The highest BCUT2D eigenvalue weighted by Gasteiger charge is 2.11. The number of pyridine rings is 1. The fraction of sp³-hybridized carbons (Fsp3) is 0.312. The largest absolute Gasteiger partial charge is 0.319 e. The van der Waals surface area contributed by atoms with Crippen LogP contribution in [0.2, 0.25) is 0 Å². The number of nitrogens with one attached hydrogen (secondary N) is 1. The Balaban J connectivity index is 1.82. The van der Waals surface area contributed by atoms with Crippen LogP contribution in [0.15, 0.2) is 31.0 Å². The van der Waals surface area contributed by atoms with E-state index in [0.29, 0.717) is 28.5 Å². The topological polar surface area (TPSA) is 85.6 Å². The van der Waals surface area contributed by atoms with E-state index in [-0.39, 0.29) is 5.91 Å². The van der Waals surface area contributed by atoms with E-state index in [9.17, 15) is 4.79 Å². The van der Waals surface area contributed by atoms with Gasteiger partial charge in [-0.1, -0.05) is 13.8 Å². The minimum Gasteiger partial charge on any atom is -0.319 e. The SMILES string of the molecule is Cc1ncc(NC(=O)c2cnc3c(c2)ncn3CC(C)C)cn1. The first-order valence-corrected chi connectivity index (χ1v) is 7.44. The van der Waals surface area contributed by atoms with Gasteiger partial charge in [0.15, 0.2) is 5.65 Å². The summed E-state index contributed by atoms with van der Waals surface area (Å²) in [5.41, 5.74) is 2.49. The zero-order chi connectivity index (χ0) is 16.4. The molecule has 0 bridgehead atoms. The average molecular weight is 310 g/mol. The Labute approximate surface area is 133 Å².